The maximum absolute atomic E-state index is 5.66. The van der Waals surface area contributed by atoms with Gasteiger partial charge in [-0.15, -0.1) is 0 Å². The van der Waals surface area contributed by atoms with Gasteiger partial charge >= 0.3 is 0 Å². The van der Waals surface area contributed by atoms with Gasteiger partial charge in [-0.3, -0.25) is 0 Å². The van der Waals surface area contributed by atoms with Gasteiger partial charge in [-0.05, 0) is 48.0 Å². The molecule has 0 bridgehead atoms. The molecule has 2 aromatic carbocycles. The average molecular weight is 224 g/mol. The smallest absolute Gasteiger partial charge is 0.0379 e. The maximum atomic E-state index is 5.66. The van der Waals surface area contributed by atoms with E-state index in [1.807, 2.05) is 24.3 Å². The molecule has 0 radical (unpaired) electrons. The lowest BCUT2D eigenvalue weighted by Crippen LogP contribution is -1.91. The lowest BCUT2D eigenvalue weighted by Gasteiger charge is -2.04. The Labute approximate surface area is 102 Å². The summed E-state index contributed by atoms with van der Waals surface area (Å²) in [6, 6.07) is 16.3. The molecule has 0 saturated carbocycles. The second-order valence-corrected chi connectivity index (χ2v) is 3.96. The third-order valence-corrected chi connectivity index (χ3v) is 2.61. The summed E-state index contributed by atoms with van der Waals surface area (Å²) >= 11 is 0. The van der Waals surface area contributed by atoms with Gasteiger partial charge < -0.3 is 11.1 Å². The van der Waals surface area contributed by atoms with Crippen LogP contribution < -0.4 is 11.1 Å². The summed E-state index contributed by atoms with van der Waals surface area (Å²) in [5, 5.41) is 3.05. The van der Waals surface area contributed by atoms with E-state index in [4.69, 9.17) is 5.73 Å². The van der Waals surface area contributed by atoms with Crippen LogP contribution in [0.5, 0.6) is 0 Å². The highest BCUT2D eigenvalue weighted by Crippen LogP contribution is 2.14. The van der Waals surface area contributed by atoms with Crippen molar-refractivity contribution in [2.45, 2.75) is 6.42 Å². The number of nitrogens with one attached hydrogen (secondary N) is 1. The van der Waals surface area contributed by atoms with Gasteiger partial charge in [-0.25, -0.2) is 0 Å². The number of benzene rings is 2. The summed E-state index contributed by atoms with van der Waals surface area (Å²) in [6.07, 6.45) is 2.60. The van der Waals surface area contributed by atoms with Gasteiger partial charge in [0.25, 0.3) is 0 Å². The molecule has 0 saturated heterocycles. The summed E-state index contributed by atoms with van der Waals surface area (Å²) in [5.74, 6) is 0. The first-order valence-corrected chi connectivity index (χ1v) is 5.59. The molecule has 0 aliphatic heterocycles. The van der Waals surface area contributed by atoms with Crippen LogP contribution in [0.2, 0.25) is 0 Å². The van der Waals surface area contributed by atoms with Crippen LogP contribution in [0.4, 0.5) is 11.4 Å². The van der Waals surface area contributed by atoms with Crippen LogP contribution in [-0.4, -0.2) is 0 Å². The van der Waals surface area contributed by atoms with E-state index in [-0.39, 0.29) is 0 Å². The fourth-order valence-corrected chi connectivity index (χ4v) is 1.71. The van der Waals surface area contributed by atoms with E-state index in [0.29, 0.717) is 0 Å². The van der Waals surface area contributed by atoms with Gasteiger partial charge in [-0.1, -0.05) is 30.8 Å². The fourth-order valence-electron chi connectivity index (χ4n) is 1.71. The van der Waals surface area contributed by atoms with E-state index >= 15 is 0 Å². The molecule has 2 heteroatoms. The van der Waals surface area contributed by atoms with Crippen LogP contribution in [-0.2, 0) is 6.42 Å². The zero-order valence-electron chi connectivity index (χ0n) is 9.69. The Morgan fingerprint density at radius 2 is 1.47 bits per heavy atom. The molecule has 0 fully saturated rings. The molecular formula is C15H16N2. The van der Waals surface area contributed by atoms with E-state index in [2.05, 4.69) is 36.2 Å². The minimum Gasteiger partial charge on any atom is -0.399 e. The molecule has 2 aromatic rings. The second-order valence-electron chi connectivity index (χ2n) is 3.96. The zero-order chi connectivity index (χ0) is 12.1. The Balaban J connectivity index is 2.08. The molecule has 17 heavy (non-hydrogen) atoms. The molecular weight excluding hydrogens is 208 g/mol. The van der Waals surface area contributed by atoms with Gasteiger partial charge in [0.05, 0.1) is 0 Å². The van der Waals surface area contributed by atoms with Crippen molar-refractivity contribution < 1.29 is 0 Å². The molecule has 0 amide bonds. The Morgan fingerprint density at radius 3 is 2.00 bits per heavy atom. The van der Waals surface area contributed by atoms with Gasteiger partial charge in [0.1, 0.15) is 0 Å². The lowest BCUT2D eigenvalue weighted by molar-refractivity contribution is 1.19. The van der Waals surface area contributed by atoms with E-state index in [0.717, 1.165) is 17.8 Å². The van der Waals surface area contributed by atoms with Crippen molar-refractivity contribution in [1.29, 1.82) is 0 Å². The standard InChI is InChI=1S/C15H16N2/c1-2-17-15-9-5-13(6-10-15)11-12-3-7-14(16)8-4-12/h2-10,17H,1,11,16H2. The van der Waals surface area contributed by atoms with E-state index in [1.165, 1.54) is 11.1 Å². The van der Waals surface area contributed by atoms with Gasteiger partial charge in [0.15, 0.2) is 0 Å². The first-order chi connectivity index (χ1) is 8.28. The van der Waals surface area contributed by atoms with Crippen molar-refractivity contribution in [3.05, 3.63) is 72.4 Å². The van der Waals surface area contributed by atoms with Crippen LogP contribution in [0.1, 0.15) is 11.1 Å². The topological polar surface area (TPSA) is 38.0 Å². The highest BCUT2D eigenvalue weighted by Gasteiger charge is 1.96. The normalized spacial score (nSPS) is 9.88. The Morgan fingerprint density at radius 1 is 0.941 bits per heavy atom. The van der Waals surface area contributed by atoms with Crippen molar-refractivity contribution in [3.8, 4) is 0 Å². The van der Waals surface area contributed by atoms with Crippen LogP contribution in [0.15, 0.2) is 61.3 Å². The Kier molecular flexibility index (Phi) is 3.46. The number of rotatable bonds is 4. The number of hydrogen-bond acceptors (Lipinski definition) is 2. The minimum absolute atomic E-state index is 0.805. The SMILES string of the molecule is C=CNc1ccc(Cc2ccc(N)cc2)cc1. The van der Waals surface area contributed by atoms with Gasteiger partial charge in [0.2, 0.25) is 0 Å². The molecule has 0 aromatic heterocycles. The van der Waals surface area contributed by atoms with Crippen LogP contribution >= 0.6 is 0 Å². The van der Waals surface area contributed by atoms with E-state index < -0.39 is 0 Å². The van der Waals surface area contributed by atoms with E-state index in [1.54, 1.807) is 6.20 Å². The molecule has 0 aliphatic rings. The summed E-state index contributed by atoms with van der Waals surface area (Å²) in [5.41, 5.74) is 10.1. The summed E-state index contributed by atoms with van der Waals surface area (Å²) < 4.78 is 0. The molecule has 0 unspecified atom stereocenters. The van der Waals surface area contributed by atoms with Crippen LogP contribution in [0.3, 0.4) is 0 Å². The summed E-state index contributed by atoms with van der Waals surface area (Å²) in [6.45, 7) is 3.63. The molecule has 2 rings (SSSR count). The third kappa shape index (κ3) is 3.11. The molecule has 0 spiro atoms. The second kappa shape index (κ2) is 5.21. The highest BCUT2D eigenvalue weighted by atomic mass is 14.8. The quantitative estimate of drug-likeness (QED) is 0.781. The molecule has 3 N–H and O–H groups in total. The Hall–Kier alpha value is -2.22. The molecule has 0 aliphatic carbocycles. The van der Waals surface area contributed by atoms with E-state index in [9.17, 15) is 0 Å². The fraction of sp³-hybridized carbons (Fsp3) is 0.0667. The predicted molar refractivity (Wildman–Crippen MR) is 73.9 cm³/mol. The molecule has 86 valence electrons. The van der Waals surface area contributed by atoms with Crippen molar-refractivity contribution in [2.24, 2.45) is 0 Å². The van der Waals surface area contributed by atoms with Crippen molar-refractivity contribution >= 4 is 11.4 Å². The monoisotopic (exact) mass is 224 g/mol. The lowest BCUT2D eigenvalue weighted by atomic mass is 10.0. The van der Waals surface area contributed by atoms with Gasteiger partial charge in [-0.2, -0.15) is 0 Å². The first-order valence-electron chi connectivity index (χ1n) is 5.59. The third-order valence-electron chi connectivity index (χ3n) is 2.61. The molecule has 2 nitrogen and oxygen atoms in total. The predicted octanol–water partition coefficient (Wildman–Crippen LogP) is 3.42. The van der Waals surface area contributed by atoms with Crippen LogP contribution in [0, 0.1) is 0 Å². The zero-order valence-corrected chi connectivity index (χ0v) is 9.69. The van der Waals surface area contributed by atoms with Crippen molar-refractivity contribution in [1.82, 2.24) is 0 Å². The van der Waals surface area contributed by atoms with Crippen molar-refractivity contribution in [2.75, 3.05) is 11.1 Å². The number of hydrogen-bond donors (Lipinski definition) is 2. The van der Waals surface area contributed by atoms with Crippen LogP contribution in [0.25, 0.3) is 0 Å². The molecule has 0 atom stereocenters. The first kappa shape index (κ1) is 11.3. The van der Waals surface area contributed by atoms with Gasteiger partial charge in [0, 0.05) is 11.4 Å². The maximum Gasteiger partial charge on any atom is 0.0379 e. The summed E-state index contributed by atoms with van der Waals surface area (Å²) in [4.78, 5) is 0. The number of nitrogens with two attached hydrogens (primary N) is 1. The summed E-state index contributed by atoms with van der Waals surface area (Å²) in [7, 11) is 0. The average Bonchev–Trinajstić information content (AvgIpc) is 2.35. The number of anilines is 2. The van der Waals surface area contributed by atoms with Crippen molar-refractivity contribution in [3.63, 3.8) is 0 Å². The minimum atomic E-state index is 0.805. The Bertz CT molecular complexity index is 483. The molecule has 0 heterocycles. The highest BCUT2D eigenvalue weighted by molar-refractivity contribution is 5.47. The largest absolute Gasteiger partial charge is 0.399 e. The number of nitrogen functional groups attached to an aromatic ring is 1.